The summed E-state index contributed by atoms with van der Waals surface area (Å²) >= 11 is 0. The Morgan fingerprint density at radius 1 is 1.54 bits per heavy atom. The van der Waals surface area contributed by atoms with Crippen LogP contribution in [0.25, 0.3) is 0 Å². The minimum atomic E-state index is -0.344. The number of amides is 1. The van der Waals surface area contributed by atoms with Crippen molar-refractivity contribution in [1.82, 2.24) is 10.3 Å². The van der Waals surface area contributed by atoms with Gasteiger partial charge in [-0.2, -0.15) is 5.10 Å². The van der Waals surface area contributed by atoms with Crippen LogP contribution >= 0.6 is 0 Å². The predicted octanol–water partition coefficient (Wildman–Crippen LogP) is 0.798. The molecule has 0 unspecified atom stereocenters. The summed E-state index contributed by atoms with van der Waals surface area (Å²) in [5.74, 6) is 0.809. The number of hydrogen-bond donors (Lipinski definition) is 1. The van der Waals surface area contributed by atoms with Crippen LogP contribution in [0.15, 0.2) is 5.10 Å². The van der Waals surface area contributed by atoms with E-state index in [1.165, 1.54) is 0 Å². The zero-order chi connectivity index (χ0) is 10.1. The first-order valence-electron chi connectivity index (χ1n) is 4.49. The molecule has 0 fully saturated rings. The highest BCUT2D eigenvalue weighted by molar-refractivity contribution is 6.00. The van der Waals surface area contributed by atoms with Crippen LogP contribution in [0.4, 0.5) is 0 Å². The topological polar surface area (TPSA) is 44.7 Å². The lowest BCUT2D eigenvalue weighted by Gasteiger charge is -2.16. The summed E-state index contributed by atoms with van der Waals surface area (Å²) in [5.41, 5.74) is -0.344. The normalized spacial score (nSPS) is 17.2. The zero-order valence-electron chi connectivity index (χ0n) is 8.72. The Morgan fingerprint density at radius 3 is 2.54 bits per heavy atom. The van der Waals surface area contributed by atoms with E-state index in [1.54, 1.807) is 0 Å². The molecule has 0 radical (unpaired) electrons. The SMILES string of the molecule is CN1CCC(NC(=O)C(C)(C)C)=N1. The molecule has 13 heavy (non-hydrogen) atoms. The van der Waals surface area contributed by atoms with E-state index in [1.807, 2.05) is 32.8 Å². The van der Waals surface area contributed by atoms with E-state index in [-0.39, 0.29) is 11.3 Å². The van der Waals surface area contributed by atoms with Crippen LogP contribution in [0.2, 0.25) is 0 Å². The average Bonchev–Trinajstić information content (AvgIpc) is 2.33. The van der Waals surface area contributed by atoms with E-state index < -0.39 is 0 Å². The van der Waals surface area contributed by atoms with Crippen molar-refractivity contribution in [1.29, 1.82) is 0 Å². The summed E-state index contributed by atoms with van der Waals surface area (Å²) in [6, 6.07) is 0. The van der Waals surface area contributed by atoms with E-state index in [9.17, 15) is 4.79 Å². The lowest BCUT2D eigenvalue weighted by atomic mass is 9.96. The molecule has 4 heteroatoms. The van der Waals surface area contributed by atoms with Crippen molar-refractivity contribution in [3.63, 3.8) is 0 Å². The molecule has 74 valence electrons. The average molecular weight is 183 g/mol. The molecule has 0 aliphatic carbocycles. The summed E-state index contributed by atoms with van der Waals surface area (Å²) in [5, 5.41) is 8.81. The van der Waals surface area contributed by atoms with Gasteiger partial charge in [0.05, 0.1) is 0 Å². The first-order valence-corrected chi connectivity index (χ1v) is 4.49. The van der Waals surface area contributed by atoms with Gasteiger partial charge in [-0.1, -0.05) is 20.8 Å². The second-order valence-corrected chi connectivity index (χ2v) is 4.38. The van der Waals surface area contributed by atoms with Crippen LogP contribution in [-0.4, -0.2) is 30.3 Å². The summed E-state index contributed by atoms with van der Waals surface area (Å²) in [7, 11) is 1.90. The fraction of sp³-hybridized carbons (Fsp3) is 0.778. The van der Waals surface area contributed by atoms with E-state index in [2.05, 4.69) is 10.4 Å². The van der Waals surface area contributed by atoms with Crippen molar-refractivity contribution in [2.75, 3.05) is 13.6 Å². The summed E-state index contributed by atoms with van der Waals surface area (Å²) in [4.78, 5) is 11.5. The van der Waals surface area contributed by atoms with E-state index in [0.717, 1.165) is 18.8 Å². The van der Waals surface area contributed by atoms with Gasteiger partial charge in [0, 0.05) is 25.4 Å². The molecule has 1 aliphatic rings. The second-order valence-electron chi connectivity index (χ2n) is 4.38. The highest BCUT2D eigenvalue weighted by Crippen LogP contribution is 2.13. The lowest BCUT2D eigenvalue weighted by molar-refractivity contribution is -0.126. The molecule has 1 aliphatic heterocycles. The summed E-state index contributed by atoms with van der Waals surface area (Å²) in [6.45, 7) is 6.56. The van der Waals surface area contributed by atoms with Crippen LogP contribution in [0.5, 0.6) is 0 Å². The number of nitrogens with one attached hydrogen (secondary N) is 1. The number of carbonyl (C=O) groups is 1. The van der Waals surface area contributed by atoms with Crippen molar-refractivity contribution >= 4 is 11.7 Å². The first kappa shape index (κ1) is 10.0. The van der Waals surface area contributed by atoms with Gasteiger partial charge in [-0.3, -0.25) is 9.80 Å². The molecule has 0 aromatic rings. The minimum absolute atomic E-state index is 0.0292. The van der Waals surface area contributed by atoms with E-state index in [0.29, 0.717) is 0 Å². The number of carbonyl (C=O) groups excluding carboxylic acids is 1. The molecule has 4 nitrogen and oxygen atoms in total. The highest BCUT2D eigenvalue weighted by Gasteiger charge is 2.23. The van der Waals surface area contributed by atoms with Gasteiger partial charge >= 0.3 is 0 Å². The maximum Gasteiger partial charge on any atom is 0.230 e. The van der Waals surface area contributed by atoms with Gasteiger partial charge in [0.25, 0.3) is 0 Å². The maximum atomic E-state index is 11.5. The Labute approximate surface area is 79.0 Å². The minimum Gasteiger partial charge on any atom is -0.312 e. The van der Waals surface area contributed by atoms with Crippen molar-refractivity contribution in [2.45, 2.75) is 27.2 Å². The first-order chi connectivity index (χ1) is 5.89. The molecule has 0 aromatic carbocycles. The Balaban J connectivity index is 2.51. The molecular weight excluding hydrogens is 166 g/mol. The van der Waals surface area contributed by atoms with Crippen LogP contribution in [-0.2, 0) is 4.79 Å². The van der Waals surface area contributed by atoms with Gasteiger partial charge < -0.3 is 5.32 Å². The van der Waals surface area contributed by atoms with Crippen molar-refractivity contribution < 1.29 is 4.79 Å². The van der Waals surface area contributed by atoms with Gasteiger partial charge in [-0.15, -0.1) is 0 Å². The summed E-state index contributed by atoms with van der Waals surface area (Å²) in [6.07, 6.45) is 0.832. The number of amidine groups is 1. The fourth-order valence-corrected chi connectivity index (χ4v) is 0.980. The lowest BCUT2D eigenvalue weighted by Crippen LogP contribution is -2.38. The van der Waals surface area contributed by atoms with Crippen molar-refractivity contribution in [3.8, 4) is 0 Å². The van der Waals surface area contributed by atoms with Gasteiger partial charge in [0.1, 0.15) is 5.84 Å². The third kappa shape index (κ3) is 2.72. The van der Waals surface area contributed by atoms with Gasteiger partial charge in [0.15, 0.2) is 0 Å². The van der Waals surface area contributed by atoms with Crippen LogP contribution in [0.3, 0.4) is 0 Å². The molecular formula is C9H17N3O. The standard InChI is InChI=1S/C9H17N3O/c1-9(2,3)8(13)10-7-5-6-12(4)11-7/h5-6H2,1-4H3,(H,10,11,13). The number of rotatable bonds is 0. The zero-order valence-corrected chi connectivity index (χ0v) is 8.72. The van der Waals surface area contributed by atoms with Crippen LogP contribution < -0.4 is 5.32 Å². The largest absolute Gasteiger partial charge is 0.312 e. The number of hydrogen-bond acceptors (Lipinski definition) is 3. The molecule has 0 bridgehead atoms. The Morgan fingerprint density at radius 2 is 2.15 bits per heavy atom. The van der Waals surface area contributed by atoms with E-state index >= 15 is 0 Å². The third-order valence-corrected chi connectivity index (χ3v) is 1.90. The van der Waals surface area contributed by atoms with Crippen molar-refractivity contribution in [2.24, 2.45) is 10.5 Å². The molecule has 0 spiro atoms. The van der Waals surface area contributed by atoms with Gasteiger partial charge in [0.2, 0.25) is 5.91 Å². The van der Waals surface area contributed by atoms with Crippen molar-refractivity contribution in [3.05, 3.63) is 0 Å². The summed E-state index contributed by atoms with van der Waals surface area (Å²) < 4.78 is 0. The molecule has 1 heterocycles. The molecule has 0 aromatic heterocycles. The van der Waals surface area contributed by atoms with E-state index in [4.69, 9.17) is 0 Å². The Kier molecular flexibility index (Phi) is 2.59. The quantitative estimate of drug-likeness (QED) is 0.603. The number of nitrogens with zero attached hydrogens (tertiary/aromatic N) is 2. The molecule has 1 amide bonds. The molecule has 0 saturated heterocycles. The Bertz CT molecular complexity index is 240. The second kappa shape index (κ2) is 3.36. The smallest absolute Gasteiger partial charge is 0.230 e. The van der Waals surface area contributed by atoms with Crippen LogP contribution in [0.1, 0.15) is 27.2 Å². The molecule has 1 rings (SSSR count). The maximum absolute atomic E-state index is 11.5. The van der Waals surface area contributed by atoms with Crippen LogP contribution in [0, 0.1) is 5.41 Å². The molecule has 0 saturated carbocycles. The highest BCUT2D eigenvalue weighted by atomic mass is 16.2. The Hall–Kier alpha value is -1.06. The van der Waals surface area contributed by atoms with Gasteiger partial charge in [-0.25, -0.2) is 0 Å². The third-order valence-electron chi connectivity index (χ3n) is 1.90. The fourth-order valence-electron chi connectivity index (χ4n) is 0.980. The number of hydrazone groups is 1. The molecule has 1 N–H and O–H groups in total. The molecule has 0 atom stereocenters. The monoisotopic (exact) mass is 183 g/mol. The predicted molar refractivity (Wildman–Crippen MR) is 52.3 cm³/mol. The van der Waals surface area contributed by atoms with Gasteiger partial charge in [-0.05, 0) is 0 Å².